The van der Waals surface area contributed by atoms with Crippen molar-refractivity contribution in [3.63, 3.8) is 0 Å². The molecule has 0 radical (unpaired) electrons. The second-order valence-electron chi connectivity index (χ2n) is 6.36. The third kappa shape index (κ3) is 4.34. The van der Waals surface area contributed by atoms with Gasteiger partial charge >= 0.3 is 0 Å². The van der Waals surface area contributed by atoms with Gasteiger partial charge in [0.2, 0.25) is 0 Å². The first-order valence-corrected chi connectivity index (χ1v) is 10.3. The molecule has 0 saturated carbocycles. The smallest absolute Gasteiger partial charge is 0.261 e. The largest absolute Gasteiger partial charge is 0.497 e. The third-order valence-electron chi connectivity index (χ3n) is 4.37. The molecule has 9 heteroatoms. The average Bonchev–Trinajstić information content (AvgIpc) is 3.51. The van der Waals surface area contributed by atoms with Crippen molar-refractivity contribution in [2.24, 2.45) is 0 Å². The molecule has 3 aromatic heterocycles. The molecule has 0 bridgehead atoms. The summed E-state index contributed by atoms with van der Waals surface area (Å²) in [6.07, 6.45) is 5.28. The van der Waals surface area contributed by atoms with Gasteiger partial charge in [-0.3, -0.25) is 0 Å². The summed E-state index contributed by atoms with van der Waals surface area (Å²) < 4.78 is 17.7. The second-order valence-corrected chi connectivity index (χ2v) is 7.30. The van der Waals surface area contributed by atoms with Gasteiger partial charge in [0.25, 0.3) is 5.89 Å². The molecule has 8 nitrogen and oxygen atoms in total. The number of methoxy groups -OCH3 is 1. The molecule has 150 valence electrons. The monoisotopic (exact) mass is 411 g/mol. The Morgan fingerprint density at radius 1 is 1.10 bits per heavy atom. The van der Waals surface area contributed by atoms with E-state index < -0.39 is 0 Å². The maximum absolute atomic E-state index is 5.30. The second kappa shape index (κ2) is 8.95. The van der Waals surface area contributed by atoms with E-state index in [1.54, 1.807) is 37.5 Å². The summed E-state index contributed by atoms with van der Waals surface area (Å²) in [4.78, 5) is 4.41. The van der Waals surface area contributed by atoms with Crippen LogP contribution in [0.5, 0.6) is 5.75 Å². The summed E-state index contributed by atoms with van der Waals surface area (Å²) >= 11 is 1.54. The normalized spacial score (nSPS) is 11.1. The van der Waals surface area contributed by atoms with Gasteiger partial charge < -0.3 is 18.2 Å². The van der Waals surface area contributed by atoms with E-state index >= 15 is 0 Å². The highest BCUT2D eigenvalue weighted by Crippen LogP contribution is 2.28. The van der Waals surface area contributed by atoms with Crippen molar-refractivity contribution in [1.82, 2.24) is 24.9 Å². The van der Waals surface area contributed by atoms with Crippen molar-refractivity contribution in [2.45, 2.75) is 37.2 Å². The number of furan rings is 1. The zero-order valence-corrected chi connectivity index (χ0v) is 17.1. The van der Waals surface area contributed by atoms with E-state index in [1.807, 2.05) is 24.3 Å². The van der Waals surface area contributed by atoms with E-state index in [0.29, 0.717) is 17.5 Å². The molecular weight excluding hydrogens is 390 g/mol. The van der Waals surface area contributed by atoms with Crippen LogP contribution >= 0.6 is 11.8 Å². The molecule has 0 spiro atoms. The number of ether oxygens (including phenoxy) is 1. The van der Waals surface area contributed by atoms with E-state index in [-0.39, 0.29) is 0 Å². The van der Waals surface area contributed by atoms with Crippen molar-refractivity contribution < 1.29 is 13.7 Å². The summed E-state index contributed by atoms with van der Waals surface area (Å²) in [6, 6.07) is 9.63. The molecule has 1 aromatic carbocycles. The maximum Gasteiger partial charge on any atom is 0.261 e. The number of nitrogens with zero attached hydrogens (tertiary/aromatic N) is 5. The topological polar surface area (TPSA) is 92.0 Å². The summed E-state index contributed by atoms with van der Waals surface area (Å²) in [5, 5.41) is 13.7. The van der Waals surface area contributed by atoms with Gasteiger partial charge in [0.05, 0.1) is 24.7 Å². The minimum Gasteiger partial charge on any atom is -0.497 e. The quantitative estimate of drug-likeness (QED) is 0.366. The SMILES string of the molecule is CCCCn1c(SCc2noc(-c3ccoc3)n2)nnc1-c1ccc(OC)cc1. The molecule has 29 heavy (non-hydrogen) atoms. The molecule has 0 atom stereocenters. The van der Waals surface area contributed by atoms with Crippen LogP contribution < -0.4 is 4.74 Å². The van der Waals surface area contributed by atoms with Crippen LogP contribution in [0.15, 0.2) is 57.0 Å². The highest BCUT2D eigenvalue weighted by atomic mass is 32.2. The van der Waals surface area contributed by atoms with Gasteiger partial charge in [0.15, 0.2) is 16.8 Å². The van der Waals surface area contributed by atoms with Crippen molar-refractivity contribution in [1.29, 1.82) is 0 Å². The van der Waals surface area contributed by atoms with Crippen LogP contribution in [0.1, 0.15) is 25.6 Å². The minimum absolute atomic E-state index is 0.445. The van der Waals surface area contributed by atoms with Crippen molar-refractivity contribution in [3.05, 3.63) is 48.7 Å². The summed E-state index contributed by atoms with van der Waals surface area (Å²) in [6.45, 7) is 3.01. The standard InChI is InChI=1S/C20H21N5O3S/c1-3-4-10-25-18(14-5-7-16(26-2)8-6-14)22-23-20(25)29-13-17-21-19(28-24-17)15-9-11-27-12-15/h5-9,11-12H,3-4,10,13H2,1-2H3. The lowest BCUT2D eigenvalue weighted by molar-refractivity contribution is 0.415. The Morgan fingerprint density at radius 3 is 2.69 bits per heavy atom. The molecule has 0 fully saturated rings. The van der Waals surface area contributed by atoms with Crippen molar-refractivity contribution in [2.75, 3.05) is 7.11 Å². The number of thioether (sulfide) groups is 1. The fourth-order valence-corrected chi connectivity index (χ4v) is 3.62. The number of hydrogen-bond donors (Lipinski definition) is 0. The Kier molecular flexibility index (Phi) is 5.95. The Morgan fingerprint density at radius 2 is 1.97 bits per heavy atom. The van der Waals surface area contributed by atoms with Crippen LogP contribution in [0.25, 0.3) is 22.8 Å². The molecule has 0 saturated heterocycles. The summed E-state index contributed by atoms with van der Waals surface area (Å²) in [5.74, 6) is 3.24. The zero-order valence-electron chi connectivity index (χ0n) is 16.2. The molecule has 3 heterocycles. The molecule has 0 N–H and O–H groups in total. The number of unbranched alkanes of at least 4 members (excludes halogenated alkanes) is 1. The van der Waals surface area contributed by atoms with Gasteiger partial charge in [0, 0.05) is 12.1 Å². The molecule has 0 aliphatic heterocycles. The van der Waals surface area contributed by atoms with E-state index in [4.69, 9.17) is 13.7 Å². The molecule has 0 unspecified atom stereocenters. The number of hydrogen-bond acceptors (Lipinski definition) is 8. The van der Waals surface area contributed by atoms with Gasteiger partial charge in [-0.2, -0.15) is 4.98 Å². The van der Waals surface area contributed by atoms with E-state index in [9.17, 15) is 0 Å². The first-order chi connectivity index (χ1) is 14.3. The lowest BCUT2D eigenvalue weighted by Gasteiger charge is -2.09. The molecular formula is C20H21N5O3S. The number of rotatable bonds is 9. The Bertz CT molecular complexity index is 1040. The highest BCUT2D eigenvalue weighted by molar-refractivity contribution is 7.98. The average molecular weight is 411 g/mol. The van der Waals surface area contributed by atoms with Gasteiger partial charge in [-0.1, -0.05) is 30.3 Å². The van der Waals surface area contributed by atoms with E-state index in [2.05, 4.69) is 31.8 Å². The van der Waals surface area contributed by atoms with E-state index in [1.165, 1.54) is 0 Å². The minimum atomic E-state index is 0.445. The Labute approximate surface area is 172 Å². The lowest BCUT2D eigenvalue weighted by atomic mass is 10.2. The van der Waals surface area contributed by atoms with Crippen LogP contribution in [-0.2, 0) is 12.3 Å². The van der Waals surface area contributed by atoms with Gasteiger partial charge in [-0.25, -0.2) is 0 Å². The van der Waals surface area contributed by atoms with Gasteiger partial charge in [-0.05, 0) is 36.8 Å². The first kappa shape index (κ1) is 19.3. The van der Waals surface area contributed by atoms with Crippen LogP contribution in [0.3, 0.4) is 0 Å². The third-order valence-corrected chi connectivity index (χ3v) is 5.33. The van der Waals surface area contributed by atoms with Gasteiger partial charge in [0.1, 0.15) is 12.0 Å². The zero-order chi connectivity index (χ0) is 20.1. The first-order valence-electron chi connectivity index (χ1n) is 9.34. The fraction of sp³-hybridized carbons (Fsp3) is 0.300. The molecule has 0 aliphatic rings. The number of benzene rings is 1. The lowest BCUT2D eigenvalue weighted by Crippen LogP contribution is -2.03. The molecule has 0 amide bonds. The predicted octanol–water partition coefficient (Wildman–Crippen LogP) is 4.69. The van der Waals surface area contributed by atoms with Crippen molar-refractivity contribution in [3.8, 4) is 28.6 Å². The summed E-state index contributed by atoms with van der Waals surface area (Å²) in [7, 11) is 1.66. The molecule has 4 rings (SSSR count). The number of aromatic nitrogens is 5. The molecule has 0 aliphatic carbocycles. The summed E-state index contributed by atoms with van der Waals surface area (Å²) in [5.41, 5.74) is 1.77. The predicted molar refractivity (Wildman–Crippen MR) is 108 cm³/mol. The maximum atomic E-state index is 5.30. The molecule has 4 aromatic rings. The highest BCUT2D eigenvalue weighted by Gasteiger charge is 2.16. The van der Waals surface area contributed by atoms with Crippen LogP contribution in [0.2, 0.25) is 0 Å². The van der Waals surface area contributed by atoms with Crippen LogP contribution in [-0.4, -0.2) is 32.0 Å². The Hall–Kier alpha value is -3.07. The fourth-order valence-electron chi connectivity index (χ4n) is 2.81. The van der Waals surface area contributed by atoms with Crippen molar-refractivity contribution >= 4 is 11.8 Å². The van der Waals surface area contributed by atoms with Gasteiger partial charge in [-0.15, -0.1) is 10.2 Å². The van der Waals surface area contributed by atoms with Crippen LogP contribution in [0.4, 0.5) is 0 Å². The van der Waals surface area contributed by atoms with E-state index in [0.717, 1.165) is 47.2 Å². The van der Waals surface area contributed by atoms with Crippen LogP contribution in [0, 0.1) is 0 Å². The Balaban J connectivity index is 1.52.